The van der Waals surface area contributed by atoms with Crippen LogP contribution < -0.4 is 16.0 Å². The first-order valence-electron chi connectivity index (χ1n) is 13.3. The monoisotopic (exact) mass is 553 g/mol. The molecule has 0 atom stereocenters. The van der Waals surface area contributed by atoms with Crippen LogP contribution in [0.5, 0.6) is 0 Å². The first-order valence-corrected chi connectivity index (χ1v) is 13.3. The molecule has 4 aromatic rings. The molecular weight excluding hydrogens is 518 g/mol. The van der Waals surface area contributed by atoms with Gasteiger partial charge in [0.2, 0.25) is 0 Å². The summed E-state index contributed by atoms with van der Waals surface area (Å²) in [5, 5.41) is 8.59. The first kappa shape index (κ1) is 29.0. The molecule has 212 valence electrons. The molecule has 0 aliphatic carbocycles. The highest BCUT2D eigenvalue weighted by molar-refractivity contribution is 6.07. The highest BCUT2D eigenvalue weighted by Crippen LogP contribution is 2.19. The number of benzene rings is 1. The molecule has 10 nitrogen and oxygen atoms in total. The summed E-state index contributed by atoms with van der Waals surface area (Å²) in [4.78, 5) is 44.5. The molecule has 3 amide bonds. The van der Waals surface area contributed by atoms with Crippen LogP contribution in [0.4, 0.5) is 11.4 Å². The lowest BCUT2D eigenvalue weighted by Gasteiger charge is -2.10. The Bertz CT molecular complexity index is 1530. The molecule has 0 saturated carbocycles. The largest absolute Gasteiger partial charge is 0.351 e. The number of amides is 3. The summed E-state index contributed by atoms with van der Waals surface area (Å²) in [6.07, 6.45) is 11.6. The number of nitrogens with zero attached hydrogens (tertiary/aromatic N) is 4. The Balaban J connectivity index is 1.34. The van der Waals surface area contributed by atoms with E-state index in [1.54, 1.807) is 72.3 Å². The van der Waals surface area contributed by atoms with Crippen molar-refractivity contribution in [1.82, 2.24) is 24.3 Å². The summed E-state index contributed by atoms with van der Waals surface area (Å²) in [6, 6.07) is 14.3. The Hall–Kier alpha value is -4.96. The summed E-state index contributed by atoms with van der Waals surface area (Å²) < 4.78 is 3.31. The molecule has 3 N–H and O–H groups in total. The Morgan fingerprint density at radius 3 is 1.90 bits per heavy atom. The van der Waals surface area contributed by atoms with Gasteiger partial charge >= 0.3 is 0 Å². The van der Waals surface area contributed by atoms with Gasteiger partial charge in [0.1, 0.15) is 11.4 Å². The second-order valence-corrected chi connectivity index (χ2v) is 10.0. The average molecular weight is 554 g/mol. The van der Waals surface area contributed by atoms with Crippen molar-refractivity contribution in [3.8, 4) is 0 Å². The molecule has 0 saturated heterocycles. The van der Waals surface area contributed by atoms with Gasteiger partial charge in [-0.3, -0.25) is 19.4 Å². The first-order chi connectivity index (χ1) is 19.7. The van der Waals surface area contributed by atoms with E-state index in [1.807, 2.05) is 50.5 Å². The number of aryl methyl sites for hydroxylation is 2. The van der Waals surface area contributed by atoms with Crippen LogP contribution in [-0.4, -0.2) is 63.9 Å². The van der Waals surface area contributed by atoms with Crippen molar-refractivity contribution >= 4 is 41.2 Å². The number of rotatable bonds is 11. The minimum Gasteiger partial charge on any atom is -0.351 e. The number of hydrogen-bond acceptors (Lipinski definition) is 5. The molecule has 1 aromatic carbocycles. The predicted molar refractivity (Wildman–Crippen MR) is 162 cm³/mol. The van der Waals surface area contributed by atoms with Gasteiger partial charge in [0.15, 0.2) is 0 Å². The zero-order chi connectivity index (χ0) is 29.4. The molecule has 4 rings (SSSR count). The van der Waals surface area contributed by atoms with Gasteiger partial charge < -0.3 is 30.0 Å². The second-order valence-electron chi connectivity index (χ2n) is 10.0. The Morgan fingerprint density at radius 1 is 0.780 bits per heavy atom. The van der Waals surface area contributed by atoms with Gasteiger partial charge in [0.05, 0.1) is 11.4 Å². The number of carbonyl (C=O) groups is 3. The number of nitrogens with one attached hydrogen (secondary N) is 3. The van der Waals surface area contributed by atoms with Crippen LogP contribution in [0.3, 0.4) is 0 Å². The molecule has 3 heterocycles. The number of hydrogen-bond donors (Lipinski definition) is 3. The van der Waals surface area contributed by atoms with Crippen molar-refractivity contribution in [2.24, 2.45) is 14.1 Å². The van der Waals surface area contributed by atoms with Crippen LogP contribution in [0.1, 0.15) is 48.9 Å². The van der Waals surface area contributed by atoms with E-state index < -0.39 is 0 Å². The zero-order valence-electron chi connectivity index (χ0n) is 23.7. The van der Waals surface area contributed by atoms with Crippen LogP contribution in [0.2, 0.25) is 0 Å². The van der Waals surface area contributed by atoms with Crippen molar-refractivity contribution in [3.05, 3.63) is 101 Å². The van der Waals surface area contributed by atoms with E-state index in [1.165, 1.54) is 0 Å². The van der Waals surface area contributed by atoms with Crippen molar-refractivity contribution in [2.45, 2.75) is 6.42 Å². The van der Waals surface area contributed by atoms with Crippen molar-refractivity contribution in [1.29, 1.82) is 0 Å². The lowest BCUT2D eigenvalue weighted by atomic mass is 10.1. The summed E-state index contributed by atoms with van der Waals surface area (Å²) in [6.45, 7) is 1.45. The van der Waals surface area contributed by atoms with E-state index in [9.17, 15) is 14.4 Å². The predicted octanol–water partition coefficient (Wildman–Crippen LogP) is 4.12. The number of anilines is 2. The van der Waals surface area contributed by atoms with Gasteiger partial charge in [0, 0.05) is 51.0 Å². The molecule has 0 fully saturated rings. The standard InChI is InChI=1S/C31H35N7O3/c1-36(2)17-5-14-33-30(40)27-18-26(21-37(27)3)35-31(41)28-19-25(20-38(28)4)34-29(39)24-10-8-22(9-11-24)6-7-23-12-15-32-16-13-23/h6-13,15-16,18-21H,5,14,17H2,1-4H3,(H,33,40)(H,34,39)(H,35,41). The molecule has 0 bridgehead atoms. The lowest BCUT2D eigenvalue weighted by molar-refractivity contribution is 0.0942. The molecule has 0 unspecified atom stereocenters. The normalized spacial score (nSPS) is 11.1. The SMILES string of the molecule is CN(C)CCCNC(=O)c1cc(NC(=O)c2cc(NC(=O)c3ccc(C=Cc4ccncc4)cc3)cn2C)cn1C. The fraction of sp³-hybridized carbons (Fsp3) is 0.226. The minimum atomic E-state index is -0.359. The third-order valence-corrected chi connectivity index (χ3v) is 6.41. The van der Waals surface area contributed by atoms with Gasteiger partial charge in [-0.15, -0.1) is 0 Å². The summed E-state index contributed by atoms with van der Waals surface area (Å²) >= 11 is 0. The van der Waals surface area contributed by atoms with Crippen LogP contribution in [0.25, 0.3) is 12.2 Å². The van der Waals surface area contributed by atoms with Crippen LogP contribution >= 0.6 is 0 Å². The molecule has 0 radical (unpaired) electrons. The highest BCUT2D eigenvalue weighted by Gasteiger charge is 2.17. The Kier molecular flexibility index (Phi) is 9.49. The third kappa shape index (κ3) is 8.02. The molecule has 0 spiro atoms. The maximum Gasteiger partial charge on any atom is 0.272 e. The van der Waals surface area contributed by atoms with Gasteiger partial charge in [-0.2, -0.15) is 0 Å². The van der Waals surface area contributed by atoms with Crippen molar-refractivity contribution < 1.29 is 14.4 Å². The average Bonchev–Trinajstić information content (AvgIpc) is 3.51. The third-order valence-electron chi connectivity index (χ3n) is 6.41. The number of carbonyl (C=O) groups excluding carboxylic acids is 3. The molecule has 10 heteroatoms. The quantitative estimate of drug-likeness (QED) is 0.242. The molecule has 3 aromatic heterocycles. The topological polar surface area (TPSA) is 113 Å². The van der Waals surface area contributed by atoms with E-state index in [-0.39, 0.29) is 17.7 Å². The molecule has 0 aliphatic rings. The van der Waals surface area contributed by atoms with Crippen molar-refractivity contribution in [3.63, 3.8) is 0 Å². The van der Waals surface area contributed by atoms with Crippen LogP contribution in [0.15, 0.2) is 73.3 Å². The van der Waals surface area contributed by atoms with E-state index in [4.69, 9.17) is 0 Å². The maximum atomic E-state index is 13.0. The molecule has 41 heavy (non-hydrogen) atoms. The Morgan fingerprint density at radius 2 is 1.32 bits per heavy atom. The fourth-order valence-electron chi connectivity index (χ4n) is 4.22. The van der Waals surface area contributed by atoms with Crippen molar-refractivity contribution in [2.75, 3.05) is 37.8 Å². The number of aromatic nitrogens is 3. The Labute approximate surface area is 239 Å². The van der Waals surface area contributed by atoms with Crippen LogP contribution in [-0.2, 0) is 14.1 Å². The maximum absolute atomic E-state index is 13.0. The lowest BCUT2D eigenvalue weighted by Crippen LogP contribution is -2.28. The van der Waals surface area contributed by atoms with Gasteiger partial charge in [0.25, 0.3) is 17.7 Å². The second kappa shape index (κ2) is 13.4. The van der Waals surface area contributed by atoms with Crippen LogP contribution in [0, 0.1) is 0 Å². The zero-order valence-corrected chi connectivity index (χ0v) is 23.7. The smallest absolute Gasteiger partial charge is 0.272 e. The highest BCUT2D eigenvalue weighted by atomic mass is 16.2. The van der Waals surface area contributed by atoms with E-state index in [0.29, 0.717) is 34.9 Å². The molecule has 0 aliphatic heterocycles. The van der Waals surface area contributed by atoms with E-state index in [2.05, 4.69) is 25.8 Å². The molecular formula is C31H35N7O3. The minimum absolute atomic E-state index is 0.201. The van der Waals surface area contributed by atoms with E-state index in [0.717, 1.165) is 24.1 Å². The van der Waals surface area contributed by atoms with Gasteiger partial charge in [-0.05, 0) is 74.6 Å². The summed E-state index contributed by atoms with van der Waals surface area (Å²) in [5.41, 5.74) is 4.30. The summed E-state index contributed by atoms with van der Waals surface area (Å²) in [7, 11) is 7.46. The summed E-state index contributed by atoms with van der Waals surface area (Å²) in [5.74, 6) is -0.841. The van der Waals surface area contributed by atoms with Gasteiger partial charge in [-0.25, -0.2) is 0 Å². The van der Waals surface area contributed by atoms with E-state index >= 15 is 0 Å². The fourth-order valence-corrected chi connectivity index (χ4v) is 4.22. The van der Waals surface area contributed by atoms with Gasteiger partial charge in [-0.1, -0.05) is 24.3 Å². The number of pyridine rings is 1.